The molecule has 0 fully saturated rings. The fourth-order valence-electron chi connectivity index (χ4n) is 1.43. The number of nitriles is 1. The summed E-state index contributed by atoms with van der Waals surface area (Å²) in [5.74, 6) is 0.554. The Labute approximate surface area is 104 Å². The van der Waals surface area contributed by atoms with Crippen LogP contribution < -0.4 is 10.1 Å². The Hall–Kier alpha value is -2.61. The fraction of sp³-hybridized carbons (Fsp3) is 0.0769. The van der Waals surface area contributed by atoms with Crippen LogP contribution in [0, 0.1) is 17.1 Å². The lowest BCUT2D eigenvalue weighted by atomic mass is 10.2. The molecule has 2 rings (SSSR count). The third-order valence-electron chi connectivity index (χ3n) is 2.27. The van der Waals surface area contributed by atoms with Crippen LogP contribution in [0.25, 0.3) is 0 Å². The van der Waals surface area contributed by atoms with Gasteiger partial charge in [-0.05, 0) is 18.2 Å². The molecule has 1 aromatic heterocycles. The molecule has 5 heteroatoms. The van der Waals surface area contributed by atoms with Crippen LogP contribution in [0.2, 0.25) is 0 Å². The maximum absolute atomic E-state index is 13.3. The first-order chi connectivity index (χ1) is 8.71. The van der Waals surface area contributed by atoms with Crippen molar-refractivity contribution < 1.29 is 9.13 Å². The van der Waals surface area contributed by atoms with Gasteiger partial charge in [-0.25, -0.2) is 9.37 Å². The second-order valence-corrected chi connectivity index (χ2v) is 3.55. The molecule has 1 aromatic carbocycles. The summed E-state index contributed by atoms with van der Waals surface area (Å²) in [6, 6.07) is 9.54. The molecule has 18 heavy (non-hydrogen) atoms. The molecule has 0 saturated heterocycles. The van der Waals surface area contributed by atoms with Crippen molar-refractivity contribution in [1.29, 1.82) is 5.26 Å². The van der Waals surface area contributed by atoms with E-state index >= 15 is 0 Å². The van der Waals surface area contributed by atoms with E-state index in [-0.39, 0.29) is 0 Å². The Morgan fingerprint density at radius 2 is 2.17 bits per heavy atom. The van der Waals surface area contributed by atoms with E-state index in [1.165, 1.54) is 25.4 Å². The topological polar surface area (TPSA) is 57.9 Å². The third-order valence-corrected chi connectivity index (χ3v) is 2.27. The highest BCUT2D eigenvalue weighted by atomic mass is 19.1. The molecule has 4 nitrogen and oxygen atoms in total. The van der Waals surface area contributed by atoms with E-state index in [1.54, 1.807) is 18.2 Å². The average molecular weight is 243 g/mol. The molecule has 0 saturated carbocycles. The number of methoxy groups -OCH3 is 1. The van der Waals surface area contributed by atoms with Gasteiger partial charge < -0.3 is 10.1 Å². The van der Waals surface area contributed by atoms with Gasteiger partial charge in [-0.2, -0.15) is 5.26 Å². The van der Waals surface area contributed by atoms with Gasteiger partial charge in [0.1, 0.15) is 23.5 Å². The quantitative estimate of drug-likeness (QED) is 0.900. The van der Waals surface area contributed by atoms with Crippen molar-refractivity contribution in [3.05, 3.63) is 47.9 Å². The number of ether oxygens (including phenoxy) is 1. The number of aromatic nitrogens is 1. The molecule has 1 N–H and O–H groups in total. The summed E-state index contributed by atoms with van der Waals surface area (Å²) >= 11 is 0. The summed E-state index contributed by atoms with van der Waals surface area (Å²) in [5, 5.41) is 11.6. The Morgan fingerprint density at radius 1 is 1.33 bits per heavy atom. The zero-order chi connectivity index (χ0) is 13.0. The van der Waals surface area contributed by atoms with Crippen molar-refractivity contribution in [2.45, 2.75) is 0 Å². The van der Waals surface area contributed by atoms with Crippen molar-refractivity contribution in [2.24, 2.45) is 0 Å². The maximum atomic E-state index is 13.3. The highest BCUT2D eigenvalue weighted by molar-refractivity contribution is 5.58. The smallest absolute Gasteiger partial charge is 0.130 e. The number of anilines is 2. The van der Waals surface area contributed by atoms with Crippen LogP contribution in [-0.4, -0.2) is 12.1 Å². The zero-order valence-corrected chi connectivity index (χ0v) is 9.64. The van der Waals surface area contributed by atoms with Crippen molar-refractivity contribution >= 4 is 11.5 Å². The number of hydrogen-bond acceptors (Lipinski definition) is 4. The third kappa shape index (κ3) is 2.74. The molecule has 2 aromatic rings. The SMILES string of the molecule is COc1cc(F)cc(Nc2ccc(C#N)cn2)c1. The Balaban J connectivity index is 2.22. The summed E-state index contributed by atoms with van der Waals surface area (Å²) in [7, 11) is 1.47. The molecule has 0 bridgehead atoms. The van der Waals surface area contributed by atoms with E-state index in [2.05, 4.69) is 10.3 Å². The number of pyridine rings is 1. The number of benzene rings is 1. The van der Waals surface area contributed by atoms with Gasteiger partial charge in [0.2, 0.25) is 0 Å². The first kappa shape index (κ1) is 11.9. The molecular formula is C13H10FN3O. The lowest BCUT2D eigenvalue weighted by Crippen LogP contribution is -1.95. The molecule has 0 aliphatic rings. The molecule has 0 atom stereocenters. The Bertz CT molecular complexity index is 590. The number of halogens is 1. The summed E-state index contributed by atoms with van der Waals surface area (Å²) < 4.78 is 18.2. The molecule has 0 aliphatic heterocycles. The summed E-state index contributed by atoms with van der Waals surface area (Å²) in [6.07, 6.45) is 1.44. The van der Waals surface area contributed by atoms with Crippen LogP contribution in [0.5, 0.6) is 5.75 Å². The average Bonchev–Trinajstić information content (AvgIpc) is 2.39. The van der Waals surface area contributed by atoms with Crippen LogP contribution in [0.1, 0.15) is 5.56 Å². The molecule has 1 heterocycles. The van der Waals surface area contributed by atoms with Crippen LogP contribution in [0.15, 0.2) is 36.5 Å². The predicted octanol–water partition coefficient (Wildman–Crippen LogP) is 2.84. The minimum atomic E-state index is -0.398. The zero-order valence-electron chi connectivity index (χ0n) is 9.64. The number of nitrogens with zero attached hydrogens (tertiary/aromatic N) is 2. The molecule has 0 radical (unpaired) electrons. The second kappa shape index (κ2) is 5.15. The fourth-order valence-corrected chi connectivity index (χ4v) is 1.43. The highest BCUT2D eigenvalue weighted by Crippen LogP contribution is 2.22. The van der Waals surface area contributed by atoms with E-state index in [0.717, 1.165) is 0 Å². The van der Waals surface area contributed by atoms with Gasteiger partial charge in [0.15, 0.2) is 0 Å². The minimum absolute atomic E-state index is 0.398. The minimum Gasteiger partial charge on any atom is -0.497 e. The van der Waals surface area contributed by atoms with E-state index in [0.29, 0.717) is 22.8 Å². The lowest BCUT2D eigenvalue weighted by molar-refractivity contribution is 0.411. The van der Waals surface area contributed by atoms with Crippen LogP contribution in [-0.2, 0) is 0 Å². The molecule has 90 valence electrons. The number of rotatable bonds is 3. The van der Waals surface area contributed by atoms with Gasteiger partial charge in [-0.1, -0.05) is 0 Å². The summed E-state index contributed by atoms with van der Waals surface area (Å²) in [5.41, 5.74) is 1.00. The van der Waals surface area contributed by atoms with Crippen molar-refractivity contribution in [3.63, 3.8) is 0 Å². The van der Waals surface area contributed by atoms with E-state index in [4.69, 9.17) is 10.00 Å². The molecule has 0 amide bonds. The highest BCUT2D eigenvalue weighted by Gasteiger charge is 2.02. The maximum Gasteiger partial charge on any atom is 0.130 e. The standard InChI is InChI=1S/C13H10FN3O/c1-18-12-5-10(14)4-11(6-12)17-13-3-2-9(7-15)8-16-13/h2-6,8H,1H3,(H,16,17). The number of nitrogens with one attached hydrogen (secondary N) is 1. The van der Waals surface area contributed by atoms with Crippen LogP contribution in [0.3, 0.4) is 0 Å². The predicted molar refractivity (Wildman–Crippen MR) is 65.2 cm³/mol. The molecule has 0 unspecified atom stereocenters. The van der Waals surface area contributed by atoms with E-state index in [1.807, 2.05) is 6.07 Å². The van der Waals surface area contributed by atoms with Crippen LogP contribution >= 0.6 is 0 Å². The first-order valence-electron chi connectivity index (χ1n) is 5.19. The van der Waals surface area contributed by atoms with Crippen molar-refractivity contribution in [1.82, 2.24) is 4.98 Å². The van der Waals surface area contributed by atoms with Gasteiger partial charge in [-0.15, -0.1) is 0 Å². The second-order valence-electron chi connectivity index (χ2n) is 3.55. The molecular weight excluding hydrogens is 233 g/mol. The largest absolute Gasteiger partial charge is 0.497 e. The molecule has 0 spiro atoms. The van der Waals surface area contributed by atoms with Gasteiger partial charge in [0.05, 0.1) is 12.7 Å². The van der Waals surface area contributed by atoms with Crippen molar-refractivity contribution in [3.8, 4) is 11.8 Å². The molecule has 0 aliphatic carbocycles. The van der Waals surface area contributed by atoms with E-state index in [9.17, 15) is 4.39 Å². The van der Waals surface area contributed by atoms with Crippen LogP contribution in [0.4, 0.5) is 15.9 Å². The van der Waals surface area contributed by atoms with Gasteiger partial charge in [-0.3, -0.25) is 0 Å². The Kier molecular flexibility index (Phi) is 3.39. The van der Waals surface area contributed by atoms with Gasteiger partial charge in [0, 0.05) is 24.0 Å². The summed E-state index contributed by atoms with van der Waals surface area (Å²) in [6.45, 7) is 0. The first-order valence-corrected chi connectivity index (χ1v) is 5.19. The Morgan fingerprint density at radius 3 is 2.78 bits per heavy atom. The number of hydrogen-bond donors (Lipinski definition) is 1. The van der Waals surface area contributed by atoms with E-state index < -0.39 is 5.82 Å². The lowest BCUT2D eigenvalue weighted by Gasteiger charge is -2.07. The summed E-state index contributed by atoms with van der Waals surface area (Å²) in [4.78, 5) is 4.03. The van der Waals surface area contributed by atoms with Gasteiger partial charge >= 0.3 is 0 Å². The van der Waals surface area contributed by atoms with Crippen molar-refractivity contribution in [2.75, 3.05) is 12.4 Å². The normalized spacial score (nSPS) is 9.61. The monoisotopic (exact) mass is 243 g/mol. The van der Waals surface area contributed by atoms with Gasteiger partial charge in [0.25, 0.3) is 0 Å².